The summed E-state index contributed by atoms with van der Waals surface area (Å²) >= 11 is 0. The fourth-order valence-corrected chi connectivity index (χ4v) is 1.26. The maximum Gasteiger partial charge on any atom is 0.369 e. The highest BCUT2D eigenvalue weighted by molar-refractivity contribution is 5.78. The first kappa shape index (κ1) is 7.19. The molecule has 1 aliphatic rings. The normalized spacial score (nSPS) is 13.6. The molecule has 3 heterocycles. The third kappa shape index (κ3) is 0.905. The van der Waals surface area contributed by atoms with Gasteiger partial charge in [-0.2, -0.15) is 9.98 Å². The molecule has 2 amide bonds. The quantitative estimate of drug-likeness (QED) is 0.548. The molecule has 0 spiro atoms. The summed E-state index contributed by atoms with van der Waals surface area (Å²) in [7, 11) is 0. The lowest BCUT2D eigenvalue weighted by Gasteiger charge is -1.90. The Bertz CT molecular complexity index is 606. The van der Waals surface area contributed by atoms with Gasteiger partial charge in [0.1, 0.15) is 10.9 Å². The molecule has 0 radical (unpaired) electrons. The first-order valence-electron chi connectivity index (χ1n) is 3.92. The van der Waals surface area contributed by atoms with Gasteiger partial charge in [0, 0.05) is 12.4 Å². The molecule has 0 saturated heterocycles. The van der Waals surface area contributed by atoms with Crippen molar-refractivity contribution in [2.75, 3.05) is 0 Å². The van der Waals surface area contributed by atoms with Crippen LogP contribution in [0, 0.1) is 0 Å². The number of hydrogen-bond donors (Lipinski definition) is 0. The molecule has 0 fully saturated rings. The Morgan fingerprint density at radius 1 is 1.07 bits per heavy atom. The van der Waals surface area contributed by atoms with Gasteiger partial charge in [0.05, 0.1) is 0 Å². The van der Waals surface area contributed by atoms with Gasteiger partial charge in [-0.15, -0.1) is 0 Å². The molecule has 0 unspecified atom stereocenters. The number of hydrogen-bond acceptors (Lipinski definition) is 4. The van der Waals surface area contributed by atoms with Crippen LogP contribution in [0.4, 0.5) is 4.79 Å². The Morgan fingerprint density at radius 3 is 2.86 bits per heavy atom. The number of urea groups is 1. The Hall–Kier alpha value is -2.24. The molecule has 0 bridgehead atoms. The van der Waals surface area contributed by atoms with Crippen LogP contribution in [-0.2, 0) is 0 Å². The molecule has 3 rings (SSSR count). The summed E-state index contributed by atoms with van der Waals surface area (Å²) < 4.78 is 0. The number of carbonyl (C=O) groups is 1. The van der Waals surface area contributed by atoms with Crippen LogP contribution in [0.2, 0.25) is 0 Å². The summed E-state index contributed by atoms with van der Waals surface area (Å²) in [4.78, 5) is 30.2. The van der Waals surface area contributed by atoms with Gasteiger partial charge in [-0.25, -0.2) is 14.8 Å². The van der Waals surface area contributed by atoms with E-state index in [9.17, 15) is 4.79 Å². The van der Waals surface area contributed by atoms with Gasteiger partial charge in [-0.1, -0.05) is 0 Å². The topological polar surface area (TPSA) is 80.5 Å². The molecular weight excluding hydrogens is 182 g/mol. The summed E-state index contributed by atoms with van der Waals surface area (Å²) in [6, 6.07) is 1.13. The van der Waals surface area contributed by atoms with Crippen molar-refractivity contribution in [3.8, 4) is 0 Å². The number of amides is 2. The van der Waals surface area contributed by atoms with Crippen molar-refractivity contribution in [1.29, 1.82) is 0 Å². The van der Waals surface area contributed by atoms with Crippen molar-refractivity contribution in [3.05, 3.63) is 29.3 Å². The van der Waals surface area contributed by atoms with E-state index < -0.39 is 6.03 Å². The fourth-order valence-electron chi connectivity index (χ4n) is 1.26. The summed E-state index contributed by atoms with van der Waals surface area (Å²) in [5, 5.41) is 0.461. The van der Waals surface area contributed by atoms with Gasteiger partial charge in [-0.05, 0) is 6.07 Å². The SMILES string of the molecule is O=C1N=c2cc3nccnc3nc2=N1. The van der Waals surface area contributed by atoms with Crippen LogP contribution in [-0.4, -0.2) is 21.0 Å². The van der Waals surface area contributed by atoms with Crippen LogP contribution in [0.5, 0.6) is 0 Å². The minimum absolute atomic E-state index is 0.322. The molecule has 0 atom stereocenters. The van der Waals surface area contributed by atoms with Crippen molar-refractivity contribution in [3.63, 3.8) is 0 Å². The molecular formula is C8H3N5O. The average Bonchev–Trinajstić information content (AvgIpc) is 2.53. The van der Waals surface area contributed by atoms with Crippen LogP contribution in [0.1, 0.15) is 0 Å². The Morgan fingerprint density at radius 2 is 1.93 bits per heavy atom. The van der Waals surface area contributed by atoms with Crippen LogP contribution in [0.3, 0.4) is 0 Å². The van der Waals surface area contributed by atoms with Gasteiger partial charge in [0.15, 0.2) is 11.1 Å². The molecule has 66 valence electrons. The first-order valence-corrected chi connectivity index (χ1v) is 3.92. The van der Waals surface area contributed by atoms with Crippen LogP contribution >= 0.6 is 0 Å². The number of fused-ring (bicyclic) bond motifs is 2. The Labute approximate surface area is 77.1 Å². The molecule has 0 saturated carbocycles. The van der Waals surface area contributed by atoms with E-state index in [2.05, 4.69) is 24.9 Å². The van der Waals surface area contributed by atoms with Crippen molar-refractivity contribution in [2.24, 2.45) is 9.98 Å². The molecule has 14 heavy (non-hydrogen) atoms. The van der Waals surface area contributed by atoms with Gasteiger partial charge >= 0.3 is 6.03 Å². The average molecular weight is 185 g/mol. The predicted octanol–water partition coefficient (Wildman–Crippen LogP) is -0.602. The smallest absolute Gasteiger partial charge is 0.251 e. The minimum Gasteiger partial charge on any atom is -0.251 e. The number of aromatic nitrogens is 3. The summed E-state index contributed by atoms with van der Waals surface area (Å²) in [5.41, 5.74) is 1.41. The van der Waals surface area contributed by atoms with Gasteiger partial charge in [0.25, 0.3) is 0 Å². The zero-order valence-electron chi connectivity index (χ0n) is 6.88. The van der Waals surface area contributed by atoms with Crippen molar-refractivity contribution >= 4 is 17.2 Å². The van der Waals surface area contributed by atoms with Crippen molar-refractivity contribution < 1.29 is 4.79 Å². The molecule has 6 nitrogen and oxygen atoms in total. The second-order valence-electron chi connectivity index (χ2n) is 2.74. The molecule has 2 aromatic rings. The highest BCUT2D eigenvalue weighted by Crippen LogP contribution is 1.98. The molecule has 6 heteroatoms. The van der Waals surface area contributed by atoms with Gasteiger partial charge in [0.2, 0.25) is 0 Å². The van der Waals surface area contributed by atoms with E-state index in [1.54, 1.807) is 12.3 Å². The second kappa shape index (κ2) is 2.38. The lowest BCUT2D eigenvalue weighted by molar-refractivity contribution is 0.256. The number of nitrogens with zero attached hydrogens (tertiary/aromatic N) is 5. The molecule has 0 aromatic carbocycles. The largest absolute Gasteiger partial charge is 0.369 e. The second-order valence-corrected chi connectivity index (χ2v) is 2.74. The Kier molecular flexibility index (Phi) is 1.22. The van der Waals surface area contributed by atoms with Crippen LogP contribution in [0.15, 0.2) is 28.4 Å². The molecule has 0 aliphatic carbocycles. The fraction of sp³-hybridized carbons (Fsp3) is 0. The molecule has 1 aliphatic heterocycles. The number of carbonyl (C=O) groups excluding carboxylic acids is 1. The third-order valence-corrected chi connectivity index (χ3v) is 1.84. The lowest BCUT2D eigenvalue weighted by Crippen LogP contribution is -2.25. The summed E-state index contributed by atoms with van der Waals surface area (Å²) in [5.74, 6) is 0. The third-order valence-electron chi connectivity index (χ3n) is 1.84. The first-order chi connectivity index (χ1) is 6.83. The Balaban J connectivity index is 2.56. The van der Waals surface area contributed by atoms with E-state index in [1.165, 1.54) is 6.20 Å². The summed E-state index contributed by atoms with van der Waals surface area (Å²) in [6.45, 7) is 0. The van der Waals surface area contributed by atoms with Crippen molar-refractivity contribution in [1.82, 2.24) is 15.0 Å². The van der Waals surface area contributed by atoms with E-state index in [0.29, 0.717) is 22.0 Å². The van der Waals surface area contributed by atoms with Crippen molar-refractivity contribution in [2.45, 2.75) is 0 Å². The van der Waals surface area contributed by atoms with Gasteiger partial charge < -0.3 is 0 Å². The summed E-state index contributed by atoms with van der Waals surface area (Å²) in [6.07, 6.45) is 3.10. The van der Waals surface area contributed by atoms with E-state index in [4.69, 9.17) is 0 Å². The number of pyridine rings is 1. The zero-order valence-corrected chi connectivity index (χ0v) is 6.88. The predicted molar refractivity (Wildman–Crippen MR) is 45.0 cm³/mol. The number of rotatable bonds is 0. The monoisotopic (exact) mass is 185 g/mol. The highest BCUT2D eigenvalue weighted by Gasteiger charge is 2.07. The van der Waals surface area contributed by atoms with E-state index in [-0.39, 0.29) is 0 Å². The molecule has 0 N–H and O–H groups in total. The minimum atomic E-state index is -0.525. The highest BCUT2D eigenvalue weighted by atomic mass is 16.2. The maximum absolute atomic E-state index is 10.9. The lowest BCUT2D eigenvalue weighted by atomic mass is 10.4. The van der Waals surface area contributed by atoms with E-state index in [0.717, 1.165) is 0 Å². The van der Waals surface area contributed by atoms with Crippen LogP contribution < -0.4 is 10.8 Å². The molecule has 2 aromatic heterocycles. The standard InChI is InChI=1S/C8H3N5O/c14-8-11-5-3-4-6(10-2-1-9-4)12-7(5)13-8/h1-3H. The van der Waals surface area contributed by atoms with E-state index in [1.807, 2.05) is 0 Å². The zero-order chi connectivity index (χ0) is 9.54. The maximum atomic E-state index is 10.9. The van der Waals surface area contributed by atoms with Gasteiger partial charge in [-0.3, -0.25) is 4.98 Å². The van der Waals surface area contributed by atoms with Crippen LogP contribution in [0.25, 0.3) is 11.2 Å². The van der Waals surface area contributed by atoms with E-state index >= 15 is 0 Å².